The molecule has 5 nitrogen and oxygen atoms in total. The van der Waals surface area contributed by atoms with Gasteiger partial charge in [0, 0.05) is 23.6 Å². The van der Waals surface area contributed by atoms with Crippen molar-refractivity contribution in [2.24, 2.45) is 0 Å². The fourth-order valence-corrected chi connectivity index (χ4v) is 5.63. The van der Waals surface area contributed by atoms with E-state index in [4.69, 9.17) is 14.2 Å². The van der Waals surface area contributed by atoms with Crippen molar-refractivity contribution < 1.29 is 23.8 Å². The quantitative estimate of drug-likeness (QED) is 0.595. The Morgan fingerprint density at radius 3 is 2.07 bits per heavy atom. The summed E-state index contributed by atoms with van der Waals surface area (Å²) in [4.78, 5) is 25.3. The molecule has 1 saturated heterocycles. The Morgan fingerprint density at radius 2 is 1.52 bits per heavy atom. The van der Waals surface area contributed by atoms with Crippen molar-refractivity contribution in [2.45, 2.75) is 53.0 Å². The molecule has 29 heavy (non-hydrogen) atoms. The lowest BCUT2D eigenvalue weighted by Gasteiger charge is -2.40. The van der Waals surface area contributed by atoms with E-state index in [-0.39, 0.29) is 29.2 Å². The predicted molar refractivity (Wildman–Crippen MR) is 114 cm³/mol. The number of rotatable bonds is 7. The molecule has 0 bridgehead atoms. The molecule has 0 radical (unpaired) electrons. The van der Waals surface area contributed by atoms with Crippen LogP contribution in [0.25, 0.3) is 0 Å². The molecule has 0 unspecified atom stereocenters. The van der Waals surface area contributed by atoms with Crippen LogP contribution in [-0.4, -0.2) is 41.4 Å². The van der Waals surface area contributed by atoms with Gasteiger partial charge in [0.15, 0.2) is 0 Å². The first-order valence-electron chi connectivity index (χ1n) is 9.40. The topological polar surface area (TPSA) is 61.8 Å². The molecule has 0 spiro atoms. The van der Waals surface area contributed by atoms with Crippen LogP contribution in [0.4, 0.5) is 0 Å². The molecule has 4 atom stereocenters. The van der Waals surface area contributed by atoms with Crippen molar-refractivity contribution in [2.75, 3.05) is 6.61 Å². The van der Waals surface area contributed by atoms with Crippen LogP contribution in [0.15, 0.2) is 70.5 Å². The fraction of sp³-hybridized carbons (Fsp3) is 0.364. The van der Waals surface area contributed by atoms with Gasteiger partial charge in [-0.3, -0.25) is 9.59 Å². The second-order valence-electron chi connectivity index (χ2n) is 6.62. The molecule has 0 amide bonds. The highest BCUT2D eigenvalue weighted by Crippen LogP contribution is 2.40. The zero-order valence-electron chi connectivity index (χ0n) is 16.4. The predicted octanol–water partition coefficient (Wildman–Crippen LogP) is 4.55. The van der Waals surface area contributed by atoms with E-state index in [1.54, 1.807) is 23.5 Å². The van der Waals surface area contributed by atoms with Gasteiger partial charge in [-0.25, -0.2) is 0 Å². The minimum atomic E-state index is -0.529. The molecule has 1 aliphatic rings. The van der Waals surface area contributed by atoms with Gasteiger partial charge < -0.3 is 14.2 Å². The van der Waals surface area contributed by atoms with Gasteiger partial charge in [-0.15, -0.1) is 11.8 Å². The number of carbonyl (C=O) groups is 2. The summed E-state index contributed by atoms with van der Waals surface area (Å²) in [6, 6.07) is 20.0. The first kappa shape index (κ1) is 21.7. The average Bonchev–Trinajstić information content (AvgIpc) is 2.70. The number of hydrogen-bond acceptors (Lipinski definition) is 7. The molecule has 1 fully saturated rings. The molecule has 7 heteroatoms. The summed E-state index contributed by atoms with van der Waals surface area (Å²) in [5.74, 6) is -0.764. The van der Waals surface area contributed by atoms with Crippen molar-refractivity contribution >= 4 is 35.5 Å². The number of thioether (sulfide) groups is 2. The molecule has 1 aliphatic heterocycles. The molecule has 0 saturated carbocycles. The van der Waals surface area contributed by atoms with E-state index in [1.807, 2.05) is 60.7 Å². The number of benzene rings is 2. The molecule has 3 rings (SSSR count). The zero-order chi connectivity index (χ0) is 20.6. The second kappa shape index (κ2) is 10.7. The first-order chi connectivity index (χ1) is 14.0. The van der Waals surface area contributed by atoms with Crippen molar-refractivity contribution in [3.05, 3.63) is 60.7 Å². The van der Waals surface area contributed by atoms with Crippen LogP contribution in [0.1, 0.15) is 20.3 Å². The fourth-order valence-electron chi connectivity index (χ4n) is 3.08. The van der Waals surface area contributed by atoms with Crippen LogP contribution in [0, 0.1) is 0 Å². The van der Waals surface area contributed by atoms with Gasteiger partial charge in [0.1, 0.15) is 24.3 Å². The summed E-state index contributed by atoms with van der Waals surface area (Å²) in [5, 5.41) is -0.0307. The third-order valence-corrected chi connectivity index (χ3v) is 6.70. The lowest BCUT2D eigenvalue weighted by atomic mass is 10.1. The third kappa shape index (κ3) is 6.80. The smallest absolute Gasteiger partial charge is 0.303 e. The van der Waals surface area contributed by atoms with Gasteiger partial charge in [-0.2, -0.15) is 0 Å². The Balaban J connectivity index is 1.82. The normalized spacial score (nSPS) is 23.9. The highest BCUT2D eigenvalue weighted by atomic mass is 32.2. The summed E-state index contributed by atoms with van der Waals surface area (Å²) < 4.78 is 17.1. The Kier molecular flexibility index (Phi) is 8.03. The first-order valence-corrected chi connectivity index (χ1v) is 11.2. The van der Waals surface area contributed by atoms with E-state index in [2.05, 4.69) is 0 Å². The van der Waals surface area contributed by atoms with Crippen LogP contribution in [0.2, 0.25) is 0 Å². The summed E-state index contributed by atoms with van der Waals surface area (Å²) in [7, 11) is 0. The number of esters is 2. The van der Waals surface area contributed by atoms with Gasteiger partial charge in [0.25, 0.3) is 0 Å². The SMILES string of the molecule is CC(=O)OC[C@H]1O[C@H](Sc2ccccc2)C[C@@H](Sc2ccccc2)[C@@H]1OC(C)=O. The van der Waals surface area contributed by atoms with E-state index in [9.17, 15) is 9.59 Å². The maximum absolute atomic E-state index is 11.8. The highest BCUT2D eigenvalue weighted by molar-refractivity contribution is 8.00. The van der Waals surface area contributed by atoms with Crippen LogP contribution in [-0.2, 0) is 23.8 Å². The van der Waals surface area contributed by atoms with Crippen LogP contribution in [0.3, 0.4) is 0 Å². The van der Waals surface area contributed by atoms with Crippen LogP contribution >= 0.6 is 23.5 Å². The molecular formula is C22H24O5S2. The minimum absolute atomic E-state index is 0.0307. The van der Waals surface area contributed by atoms with Gasteiger partial charge in [-0.05, 0) is 30.7 Å². The summed E-state index contributed by atoms with van der Waals surface area (Å²) >= 11 is 3.28. The van der Waals surface area contributed by atoms with Gasteiger partial charge in [-0.1, -0.05) is 48.2 Å². The number of carbonyl (C=O) groups excluding carboxylic acids is 2. The van der Waals surface area contributed by atoms with Crippen LogP contribution < -0.4 is 0 Å². The Labute approximate surface area is 179 Å². The maximum Gasteiger partial charge on any atom is 0.303 e. The summed E-state index contributed by atoms with van der Waals surface area (Å²) in [5.41, 5.74) is -0.147. The van der Waals surface area contributed by atoms with Gasteiger partial charge in [0.05, 0.1) is 5.25 Å². The Hall–Kier alpha value is -1.96. The molecule has 0 aliphatic carbocycles. The molecule has 2 aromatic rings. The van der Waals surface area contributed by atoms with Crippen molar-refractivity contribution in [1.29, 1.82) is 0 Å². The third-order valence-electron chi connectivity index (χ3n) is 4.28. The van der Waals surface area contributed by atoms with E-state index in [0.717, 1.165) is 9.79 Å². The molecule has 1 heterocycles. The number of hydrogen-bond donors (Lipinski definition) is 0. The van der Waals surface area contributed by atoms with E-state index in [0.29, 0.717) is 6.42 Å². The second-order valence-corrected chi connectivity index (χ2v) is 9.16. The summed E-state index contributed by atoms with van der Waals surface area (Å²) in [6.07, 6.45) is -0.350. The molecule has 154 valence electrons. The number of ether oxygens (including phenoxy) is 3. The lowest BCUT2D eigenvalue weighted by Crippen LogP contribution is -2.50. The molecule has 0 N–H and O–H groups in total. The van der Waals surface area contributed by atoms with E-state index >= 15 is 0 Å². The average molecular weight is 433 g/mol. The highest BCUT2D eigenvalue weighted by Gasteiger charge is 2.42. The van der Waals surface area contributed by atoms with Crippen molar-refractivity contribution in [1.82, 2.24) is 0 Å². The summed E-state index contributed by atoms with van der Waals surface area (Å²) in [6.45, 7) is 2.79. The Morgan fingerprint density at radius 1 is 0.931 bits per heavy atom. The van der Waals surface area contributed by atoms with E-state index in [1.165, 1.54) is 13.8 Å². The van der Waals surface area contributed by atoms with E-state index < -0.39 is 12.2 Å². The standard InChI is InChI=1S/C22H24O5S2/c1-15(23)25-14-19-22(26-16(2)24)20(28-17-9-5-3-6-10-17)13-21(27-19)29-18-11-7-4-8-12-18/h3-12,19-22H,13-14H2,1-2H3/t19-,20-,21-,22-/m1/s1. The molecular weight excluding hydrogens is 408 g/mol. The van der Waals surface area contributed by atoms with Crippen molar-refractivity contribution in [3.63, 3.8) is 0 Å². The van der Waals surface area contributed by atoms with Gasteiger partial charge >= 0.3 is 11.9 Å². The minimum Gasteiger partial charge on any atom is -0.463 e. The monoisotopic (exact) mass is 432 g/mol. The Bertz CT molecular complexity index is 799. The zero-order valence-corrected chi connectivity index (χ0v) is 18.0. The maximum atomic E-state index is 11.8. The van der Waals surface area contributed by atoms with Gasteiger partial charge in [0.2, 0.25) is 0 Å². The van der Waals surface area contributed by atoms with Crippen molar-refractivity contribution in [3.8, 4) is 0 Å². The van der Waals surface area contributed by atoms with Crippen LogP contribution in [0.5, 0.6) is 0 Å². The largest absolute Gasteiger partial charge is 0.463 e. The lowest BCUT2D eigenvalue weighted by molar-refractivity contribution is -0.171. The molecule has 0 aromatic heterocycles. The molecule has 2 aromatic carbocycles.